The summed E-state index contributed by atoms with van der Waals surface area (Å²) in [6, 6.07) is 12.8. The number of rotatable bonds is 4. The molecule has 2 aromatic carbocycles. The quantitative estimate of drug-likeness (QED) is 0.794. The van der Waals surface area contributed by atoms with Crippen molar-refractivity contribution in [1.82, 2.24) is 4.97 Å². The molecule has 1 atom stereocenters. The van der Waals surface area contributed by atoms with Crippen LogP contribution in [0.1, 0.15) is 18.4 Å². The monoisotopic (exact) mass is 268 g/mol. The standard InChI is InChI=1S/C16H19BNO2/c1-12(11-18-17-7-8-20-18)13-3-4-15-10-16(19-2)6-5-14(15)9-13/h3-6,9-10,12H,7-8,11H2,1-2H3. The second-order valence-corrected chi connectivity index (χ2v) is 5.28. The second kappa shape index (κ2) is 5.86. The van der Waals surface area contributed by atoms with E-state index in [0.717, 1.165) is 25.2 Å². The molecule has 1 radical (unpaired) electrons. The lowest BCUT2D eigenvalue weighted by molar-refractivity contribution is -0.0631. The summed E-state index contributed by atoms with van der Waals surface area (Å²) in [5, 5.41) is 2.46. The van der Waals surface area contributed by atoms with Gasteiger partial charge in [0.15, 0.2) is 0 Å². The molecule has 103 valence electrons. The van der Waals surface area contributed by atoms with Crippen LogP contribution in [0.2, 0.25) is 6.32 Å². The minimum absolute atomic E-state index is 0.441. The van der Waals surface area contributed by atoms with E-state index >= 15 is 0 Å². The third-order valence-electron chi connectivity index (χ3n) is 3.80. The number of nitrogens with zero attached hydrogens (tertiary/aromatic N) is 1. The van der Waals surface area contributed by atoms with Crippen LogP contribution in [0.3, 0.4) is 0 Å². The smallest absolute Gasteiger partial charge is 0.248 e. The fourth-order valence-electron chi connectivity index (χ4n) is 2.60. The van der Waals surface area contributed by atoms with E-state index in [1.165, 1.54) is 16.3 Å². The van der Waals surface area contributed by atoms with Crippen LogP contribution in [0.4, 0.5) is 0 Å². The first kappa shape index (κ1) is 13.5. The minimum atomic E-state index is 0.441. The molecule has 1 aliphatic heterocycles. The van der Waals surface area contributed by atoms with Gasteiger partial charge in [-0.05, 0) is 40.7 Å². The molecule has 0 saturated carbocycles. The van der Waals surface area contributed by atoms with Crippen LogP contribution in [0.25, 0.3) is 10.8 Å². The lowest BCUT2D eigenvalue weighted by Gasteiger charge is -2.20. The Morgan fingerprint density at radius 1 is 1.25 bits per heavy atom. The highest BCUT2D eigenvalue weighted by molar-refractivity contribution is 6.32. The molecule has 20 heavy (non-hydrogen) atoms. The first-order chi connectivity index (χ1) is 9.76. The van der Waals surface area contributed by atoms with Crippen molar-refractivity contribution < 1.29 is 9.57 Å². The van der Waals surface area contributed by atoms with Gasteiger partial charge in [0, 0.05) is 6.54 Å². The topological polar surface area (TPSA) is 21.7 Å². The molecule has 4 heteroatoms. The van der Waals surface area contributed by atoms with Gasteiger partial charge in [-0.25, -0.2) is 4.97 Å². The zero-order valence-electron chi connectivity index (χ0n) is 12.0. The average molecular weight is 268 g/mol. The van der Waals surface area contributed by atoms with E-state index in [1.807, 2.05) is 11.0 Å². The molecular formula is C16H19BNO2. The summed E-state index contributed by atoms with van der Waals surface area (Å²) in [7, 11) is 3.83. The van der Waals surface area contributed by atoms with Gasteiger partial charge in [-0.2, -0.15) is 0 Å². The van der Waals surface area contributed by atoms with E-state index in [4.69, 9.17) is 9.57 Å². The minimum Gasteiger partial charge on any atom is -0.497 e. The molecule has 1 fully saturated rings. The fourth-order valence-corrected chi connectivity index (χ4v) is 2.60. The number of hydrogen-bond donors (Lipinski definition) is 0. The molecule has 0 spiro atoms. The maximum Gasteiger partial charge on any atom is 0.248 e. The number of hydrogen-bond acceptors (Lipinski definition) is 3. The number of ether oxygens (including phenoxy) is 1. The summed E-state index contributed by atoms with van der Waals surface area (Å²) in [5.41, 5.74) is 1.34. The first-order valence-corrected chi connectivity index (χ1v) is 7.07. The van der Waals surface area contributed by atoms with Crippen molar-refractivity contribution in [1.29, 1.82) is 0 Å². The summed E-state index contributed by atoms with van der Waals surface area (Å²) in [6.07, 6.45) is 1.02. The molecule has 0 aliphatic carbocycles. The van der Waals surface area contributed by atoms with Crippen LogP contribution in [-0.4, -0.2) is 32.7 Å². The van der Waals surface area contributed by atoms with Crippen LogP contribution in [0, 0.1) is 0 Å². The number of benzene rings is 2. The normalized spacial score (nSPS) is 17.1. The second-order valence-electron chi connectivity index (χ2n) is 5.28. The predicted octanol–water partition coefficient (Wildman–Crippen LogP) is 3.24. The summed E-state index contributed by atoms with van der Waals surface area (Å²) in [6.45, 7) is 3.95. The Bertz CT molecular complexity index is 596. The van der Waals surface area contributed by atoms with Crippen molar-refractivity contribution >= 4 is 18.2 Å². The molecule has 2 aromatic rings. The Balaban J connectivity index is 1.80. The lowest BCUT2D eigenvalue weighted by Crippen LogP contribution is -2.25. The lowest BCUT2D eigenvalue weighted by atomic mass is 9.88. The predicted molar refractivity (Wildman–Crippen MR) is 82.1 cm³/mol. The van der Waals surface area contributed by atoms with E-state index in [9.17, 15) is 0 Å². The number of fused-ring (bicyclic) bond motifs is 1. The third-order valence-corrected chi connectivity index (χ3v) is 3.80. The van der Waals surface area contributed by atoms with Crippen molar-refractivity contribution in [2.45, 2.75) is 19.2 Å². The van der Waals surface area contributed by atoms with Gasteiger partial charge in [0.1, 0.15) is 5.75 Å². The molecule has 3 nitrogen and oxygen atoms in total. The fraction of sp³-hybridized carbons (Fsp3) is 0.375. The zero-order chi connectivity index (χ0) is 13.9. The Morgan fingerprint density at radius 2 is 2.05 bits per heavy atom. The highest BCUT2D eigenvalue weighted by atomic mass is 16.7. The van der Waals surface area contributed by atoms with Crippen molar-refractivity contribution in [3.8, 4) is 5.75 Å². The first-order valence-electron chi connectivity index (χ1n) is 7.07. The zero-order valence-corrected chi connectivity index (χ0v) is 12.0. The summed E-state index contributed by atoms with van der Waals surface area (Å²) in [4.78, 5) is 7.49. The van der Waals surface area contributed by atoms with Gasteiger partial charge in [0.2, 0.25) is 7.41 Å². The molecule has 0 amide bonds. The van der Waals surface area contributed by atoms with E-state index in [-0.39, 0.29) is 0 Å². The van der Waals surface area contributed by atoms with Gasteiger partial charge < -0.3 is 9.57 Å². The SMILES string of the molecule is COc1ccc2cc(C(C)CN3[B]CCO3)ccc2c1. The molecule has 1 unspecified atom stereocenters. The summed E-state index contributed by atoms with van der Waals surface area (Å²) < 4.78 is 5.26. The van der Waals surface area contributed by atoms with Crippen LogP contribution >= 0.6 is 0 Å². The van der Waals surface area contributed by atoms with E-state index < -0.39 is 0 Å². The maximum absolute atomic E-state index is 5.52. The molecule has 1 aliphatic rings. The molecular weight excluding hydrogens is 249 g/mol. The van der Waals surface area contributed by atoms with Gasteiger partial charge in [-0.15, -0.1) is 0 Å². The third kappa shape index (κ3) is 2.81. The van der Waals surface area contributed by atoms with Crippen molar-refractivity contribution in [3.63, 3.8) is 0 Å². The van der Waals surface area contributed by atoms with E-state index in [1.54, 1.807) is 7.11 Å². The van der Waals surface area contributed by atoms with Gasteiger partial charge in [0.25, 0.3) is 0 Å². The van der Waals surface area contributed by atoms with Gasteiger partial charge >= 0.3 is 0 Å². The highest BCUT2D eigenvalue weighted by Crippen LogP contribution is 2.26. The molecule has 1 saturated heterocycles. The highest BCUT2D eigenvalue weighted by Gasteiger charge is 2.18. The van der Waals surface area contributed by atoms with Gasteiger partial charge in [-0.1, -0.05) is 31.2 Å². The number of methoxy groups -OCH3 is 1. The number of hydroxylamine groups is 1. The molecule has 1 heterocycles. The average Bonchev–Trinajstić information content (AvgIpc) is 2.99. The molecule has 0 aromatic heterocycles. The van der Waals surface area contributed by atoms with Crippen molar-refractivity contribution in [2.24, 2.45) is 0 Å². The van der Waals surface area contributed by atoms with Crippen LogP contribution in [-0.2, 0) is 4.84 Å². The molecule has 3 rings (SSSR count). The van der Waals surface area contributed by atoms with E-state index in [2.05, 4.69) is 44.7 Å². The Morgan fingerprint density at radius 3 is 2.80 bits per heavy atom. The van der Waals surface area contributed by atoms with E-state index in [0.29, 0.717) is 5.92 Å². The Hall–Kier alpha value is -1.52. The van der Waals surface area contributed by atoms with Crippen molar-refractivity contribution in [3.05, 3.63) is 42.0 Å². The van der Waals surface area contributed by atoms with Crippen LogP contribution in [0.5, 0.6) is 5.75 Å². The van der Waals surface area contributed by atoms with Crippen molar-refractivity contribution in [2.75, 3.05) is 20.3 Å². The largest absolute Gasteiger partial charge is 0.497 e. The van der Waals surface area contributed by atoms with Crippen LogP contribution < -0.4 is 4.74 Å². The summed E-state index contributed by atoms with van der Waals surface area (Å²) >= 11 is 0. The van der Waals surface area contributed by atoms with Gasteiger partial charge in [0.05, 0.1) is 13.7 Å². The summed E-state index contributed by atoms with van der Waals surface area (Å²) in [5.74, 6) is 1.34. The maximum atomic E-state index is 5.52. The van der Waals surface area contributed by atoms with Gasteiger partial charge in [-0.3, -0.25) is 0 Å². The molecule has 0 bridgehead atoms. The van der Waals surface area contributed by atoms with Crippen LogP contribution in [0.15, 0.2) is 36.4 Å². The molecule has 0 N–H and O–H groups in total. The Labute approximate surface area is 120 Å². The Kier molecular flexibility index (Phi) is 3.94.